The number of nitrogens with one attached hydrogen (secondary N) is 2. The third-order valence-electron chi connectivity index (χ3n) is 3.91. The van der Waals surface area contributed by atoms with Crippen molar-refractivity contribution in [3.8, 4) is 0 Å². The van der Waals surface area contributed by atoms with E-state index in [0.29, 0.717) is 0 Å². The Hall–Kier alpha value is -3.50. The number of benzene rings is 2. The molecular weight excluding hydrogens is 413 g/mol. The highest BCUT2D eigenvalue weighted by Gasteiger charge is 2.39. The second kappa shape index (κ2) is 9.33. The molecule has 0 saturated heterocycles. The molecule has 2 N–H and O–H groups in total. The summed E-state index contributed by atoms with van der Waals surface area (Å²) in [5.74, 6) is -5.48. The Morgan fingerprint density at radius 2 is 1.70 bits per heavy atom. The van der Waals surface area contributed by atoms with Gasteiger partial charge in [0.15, 0.2) is 0 Å². The zero-order valence-electron chi connectivity index (χ0n) is 15.5. The maximum Gasteiger partial charge on any atom is 0.472 e. The van der Waals surface area contributed by atoms with Gasteiger partial charge < -0.3 is 4.90 Å². The summed E-state index contributed by atoms with van der Waals surface area (Å²) in [5, 5.41) is 0. The molecule has 0 spiro atoms. The molecule has 0 radical (unpaired) electrons. The molecule has 0 bridgehead atoms. The van der Waals surface area contributed by atoms with Gasteiger partial charge in [0.25, 0.3) is 5.91 Å². The molecule has 0 unspecified atom stereocenters. The van der Waals surface area contributed by atoms with E-state index in [-0.39, 0.29) is 29.8 Å². The van der Waals surface area contributed by atoms with Crippen LogP contribution in [0.15, 0.2) is 42.5 Å². The van der Waals surface area contributed by atoms with Crippen LogP contribution in [0.1, 0.15) is 29.3 Å². The number of carbonyl (C=O) groups excluding carboxylic acids is 3. The monoisotopic (exact) mass is 429 g/mol. The van der Waals surface area contributed by atoms with Crippen molar-refractivity contribution in [1.29, 1.82) is 0 Å². The van der Waals surface area contributed by atoms with Crippen LogP contribution < -0.4 is 15.8 Å². The first kappa shape index (κ1) is 22.8. The summed E-state index contributed by atoms with van der Waals surface area (Å²) in [7, 11) is 0. The first-order valence-electron chi connectivity index (χ1n) is 8.54. The maximum absolute atomic E-state index is 14.5. The summed E-state index contributed by atoms with van der Waals surface area (Å²) in [6, 6.07) is 8.16. The van der Waals surface area contributed by atoms with Crippen molar-refractivity contribution in [2.24, 2.45) is 0 Å². The Morgan fingerprint density at radius 1 is 1.00 bits per heavy atom. The van der Waals surface area contributed by atoms with Crippen molar-refractivity contribution >= 4 is 23.4 Å². The number of alkyl halides is 3. The first-order chi connectivity index (χ1) is 14.0. The van der Waals surface area contributed by atoms with Gasteiger partial charge in [-0.05, 0) is 30.3 Å². The number of halogens is 5. The third kappa shape index (κ3) is 5.75. The predicted octanol–water partition coefficient (Wildman–Crippen LogP) is 3.23. The smallest absolute Gasteiger partial charge is 0.308 e. The molecule has 0 aliphatic carbocycles. The van der Waals surface area contributed by atoms with Crippen LogP contribution in [-0.2, 0) is 16.1 Å². The van der Waals surface area contributed by atoms with E-state index in [1.807, 2.05) is 0 Å². The Morgan fingerprint density at radius 3 is 2.27 bits per heavy atom. The minimum Gasteiger partial charge on any atom is -0.308 e. The molecule has 0 heterocycles. The van der Waals surface area contributed by atoms with Crippen LogP contribution in [0.2, 0.25) is 0 Å². The number of hydrogen-bond donors (Lipinski definition) is 2. The maximum atomic E-state index is 14.5. The molecule has 3 amide bonds. The van der Waals surface area contributed by atoms with Gasteiger partial charge in [-0.3, -0.25) is 25.2 Å². The quantitative estimate of drug-likeness (QED) is 0.566. The molecule has 0 aliphatic rings. The molecule has 0 aliphatic heterocycles. The molecule has 0 fully saturated rings. The van der Waals surface area contributed by atoms with Crippen molar-refractivity contribution in [2.75, 3.05) is 4.90 Å². The molecule has 0 atom stereocenters. The molecule has 2 aromatic rings. The molecular formula is C19H16F5N3O3. The lowest BCUT2D eigenvalue weighted by atomic mass is 10.1. The van der Waals surface area contributed by atoms with Gasteiger partial charge in [0.05, 0.1) is 6.54 Å². The van der Waals surface area contributed by atoms with Gasteiger partial charge in [-0.2, -0.15) is 13.2 Å². The molecule has 0 saturated carbocycles. The summed E-state index contributed by atoms with van der Waals surface area (Å²) in [6.07, 6.45) is -5.13. The minimum atomic E-state index is -5.20. The van der Waals surface area contributed by atoms with E-state index >= 15 is 0 Å². The van der Waals surface area contributed by atoms with Gasteiger partial charge in [0.1, 0.15) is 11.6 Å². The molecule has 6 nitrogen and oxygen atoms in total. The van der Waals surface area contributed by atoms with Crippen molar-refractivity contribution < 1.29 is 36.3 Å². The van der Waals surface area contributed by atoms with Gasteiger partial charge in [-0.1, -0.05) is 19.1 Å². The highest BCUT2D eigenvalue weighted by atomic mass is 19.4. The number of carbonyl (C=O) groups is 3. The van der Waals surface area contributed by atoms with Gasteiger partial charge in [0.2, 0.25) is 5.91 Å². The number of hydrogen-bond acceptors (Lipinski definition) is 3. The minimum absolute atomic E-state index is 0.0167. The van der Waals surface area contributed by atoms with Crippen molar-refractivity contribution in [3.63, 3.8) is 0 Å². The fourth-order valence-electron chi connectivity index (χ4n) is 2.40. The van der Waals surface area contributed by atoms with Crippen LogP contribution >= 0.6 is 0 Å². The summed E-state index contributed by atoms with van der Waals surface area (Å²) < 4.78 is 64.3. The zero-order chi connectivity index (χ0) is 22.5. The number of amides is 3. The number of rotatable bonds is 5. The second-order valence-electron chi connectivity index (χ2n) is 6.03. The number of anilines is 1. The van der Waals surface area contributed by atoms with E-state index in [4.69, 9.17) is 0 Å². The van der Waals surface area contributed by atoms with Crippen LogP contribution in [0, 0.1) is 11.6 Å². The Balaban J connectivity index is 2.18. The lowest BCUT2D eigenvalue weighted by Gasteiger charge is -2.23. The predicted molar refractivity (Wildman–Crippen MR) is 95.9 cm³/mol. The van der Waals surface area contributed by atoms with Gasteiger partial charge in [0, 0.05) is 23.2 Å². The van der Waals surface area contributed by atoms with Crippen LogP contribution in [-0.4, -0.2) is 23.9 Å². The SMILES string of the molecule is CCC(=O)N(Cc1ccc(C(=O)NNC(=O)C(F)(F)F)cc1F)c1cccc(F)c1. The highest BCUT2D eigenvalue weighted by molar-refractivity contribution is 5.96. The van der Waals surface area contributed by atoms with Crippen LogP contribution in [0.4, 0.5) is 27.6 Å². The Bertz CT molecular complexity index is 963. The average Bonchev–Trinajstić information content (AvgIpc) is 2.69. The normalized spacial score (nSPS) is 11.0. The van der Waals surface area contributed by atoms with E-state index in [1.165, 1.54) is 23.6 Å². The first-order valence-corrected chi connectivity index (χ1v) is 8.54. The second-order valence-corrected chi connectivity index (χ2v) is 6.03. The van der Waals surface area contributed by atoms with Crippen LogP contribution in [0.25, 0.3) is 0 Å². The number of hydrazine groups is 1. The zero-order valence-corrected chi connectivity index (χ0v) is 15.5. The molecule has 0 aromatic heterocycles. The molecule has 2 aromatic carbocycles. The molecule has 2 rings (SSSR count). The fraction of sp³-hybridized carbons (Fsp3) is 0.211. The van der Waals surface area contributed by atoms with Crippen molar-refractivity contribution in [3.05, 3.63) is 65.2 Å². The molecule has 30 heavy (non-hydrogen) atoms. The standard InChI is InChI=1S/C19H16F5N3O3/c1-2-16(28)27(14-5-3-4-13(20)9-14)10-12-7-6-11(8-15(12)21)17(29)25-26-18(30)19(22,23)24/h3-9H,2,10H2,1H3,(H,25,29)(H,26,30). The lowest BCUT2D eigenvalue weighted by molar-refractivity contribution is -0.174. The largest absolute Gasteiger partial charge is 0.472 e. The van der Waals surface area contributed by atoms with Crippen molar-refractivity contribution in [1.82, 2.24) is 10.9 Å². The summed E-state index contributed by atoms with van der Waals surface area (Å²) in [4.78, 5) is 35.9. The fourth-order valence-corrected chi connectivity index (χ4v) is 2.40. The van der Waals surface area contributed by atoms with Crippen molar-refractivity contribution in [2.45, 2.75) is 26.1 Å². The molecule has 11 heteroatoms. The van der Waals surface area contributed by atoms with E-state index in [0.717, 1.165) is 34.6 Å². The number of nitrogens with zero attached hydrogens (tertiary/aromatic N) is 1. The van der Waals surface area contributed by atoms with E-state index in [1.54, 1.807) is 6.92 Å². The van der Waals surface area contributed by atoms with E-state index < -0.39 is 35.5 Å². The van der Waals surface area contributed by atoms with Crippen LogP contribution in [0.5, 0.6) is 0 Å². The van der Waals surface area contributed by atoms with Crippen LogP contribution in [0.3, 0.4) is 0 Å². The van der Waals surface area contributed by atoms with Gasteiger partial charge in [-0.25, -0.2) is 8.78 Å². The van der Waals surface area contributed by atoms with E-state index in [9.17, 15) is 36.3 Å². The Labute approximate surface area is 167 Å². The average molecular weight is 429 g/mol. The highest BCUT2D eigenvalue weighted by Crippen LogP contribution is 2.21. The van der Waals surface area contributed by atoms with Gasteiger partial charge >= 0.3 is 12.1 Å². The third-order valence-corrected chi connectivity index (χ3v) is 3.91. The molecule has 160 valence electrons. The summed E-state index contributed by atoms with van der Waals surface area (Å²) >= 11 is 0. The topological polar surface area (TPSA) is 78.5 Å². The van der Waals surface area contributed by atoms with Gasteiger partial charge in [-0.15, -0.1) is 0 Å². The Kier molecular flexibility index (Phi) is 7.09. The summed E-state index contributed by atoms with van der Waals surface area (Å²) in [6.45, 7) is 1.31. The summed E-state index contributed by atoms with van der Waals surface area (Å²) in [5.41, 5.74) is 2.51. The van der Waals surface area contributed by atoms with E-state index in [2.05, 4.69) is 0 Å². The lowest BCUT2D eigenvalue weighted by Crippen LogP contribution is -2.47.